The van der Waals surface area contributed by atoms with Gasteiger partial charge in [0.2, 0.25) is 23.6 Å². The lowest BCUT2D eigenvalue weighted by Crippen LogP contribution is -2.71. The van der Waals surface area contributed by atoms with E-state index in [0.29, 0.717) is 0 Å². The molecule has 0 radical (unpaired) electrons. The summed E-state index contributed by atoms with van der Waals surface area (Å²) in [6.45, 7) is -4.47. The maximum atomic E-state index is 13.6. The summed E-state index contributed by atoms with van der Waals surface area (Å²) in [6.07, 6.45) is -109. The molecule has 11 fully saturated rings. The van der Waals surface area contributed by atoms with Gasteiger partial charge < -0.3 is 269 Å². The first kappa shape index (κ1) is 108. The third-order valence-electron chi connectivity index (χ3n) is 24.5. The van der Waals surface area contributed by atoms with Crippen molar-refractivity contribution in [1.82, 2.24) is 21.3 Å². The summed E-state index contributed by atoms with van der Waals surface area (Å²) in [4.78, 5) is 52.6. The van der Waals surface area contributed by atoms with Gasteiger partial charge in [0.05, 0.1) is 71.7 Å². The molecule has 0 bridgehead atoms. The van der Waals surface area contributed by atoms with Crippen molar-refractivity contribution in [2.45, 2.75) is 379 Å². The fraction of sp³-hybridized carbons (Fsp3) is 0.946. The van der Waals surface area contributed by atoms with E-state index in [4.69, 9.17) is 99.5 Å². The molecule has 11 aliphatic heterocycles. The second-order valence-electron chi connectivity index (χ2n) is 33.7. The van der Waals surface area contributed by atoms with E-state index >= 15 is 0 Å². The van der Waals surface area contributed by atoms with Crippen LogP contribution in [-0.2, 0) is 119 Å². The van der Waals surface area contributed by atoms with Gasteiger partial charge in [0.25, 0.3) is 0 Å². The standard InChI is InChI=1S/C74H124N4O54/c1-16-35(91)44(100)50(106)68(113-16)128-59-33(77-20(5)89)66(121-28(13-85)57(59)126-70-52(108)46(102)37(93)22(7-79)116-70)131-62-48(104)39(95)24(9-81)118-73(62)112-15-30-41(97)61(54(110)72(123-30)125-56-27(12-84)120-65(32(43(56)99)76-19(4)88)124-55-26(11-83)115-64(111)31(42(55)98)75-18(3)87)130-74-63(49(105)40(96)25(10-82)119-74)132-67-34(78-21(6)90)60(129-69-51(107)45(101)36(92)17(2)114-69)58(29(14-86)122-67)127-71-53(109)47(103)38(94)23(8-80)117-71/h16-17,22-74,79-86,91-111H,7-15H2,1-6H3,(H,75,87)(H,76,88)(H,77,89)(H,78,90). The molecule has 0 aliphatic carbocycles. The molecule has 0 aromatic carbocycles. The largest absolute Gasteiger partial charge is 0.394 e. The van der Waals surface area contributed by atoms with E-state index in [2.05, 4.69) is 21.3 Å². The molecular formula is C74H124N4O54. The third kappa shape index (κ3) is 23.5. The molecule has 33 N–H and O–H groups in total. The smallest absolute Gasteiger partial charge is 0.217 e. The highest BCUT2D eigenvalue weighted by atomic mass is 16.8. The lowest BCUT2D eigenvalue weighted by Gasteiger charge is -2.52. The SMILES string of the molecule is CC(=O)NC1C(O)OC(CO)C(OC2OC(CO)C(OC3OC(COC4OC(CO)C(O)C(O)C4OC4OC(CO)C(OC5OC(CO)C(O)C(O)C5O)C(OC5OC(C)C(O)C(O)C5O)C4NC(C)=O)C(O)C(OC4OC(CO)C(O)C(O)C4OC4OC(CO)C(OC5OC(CO)C(O)C(O)C5O)C(OC5OC(C)C(O)C(O)C5O)C4NC(C)=O)C3O)C(O)C2NC(C)=O)C1O. The summed E-state index contributed by atoms with van der Waals surface area (Å²) < 4.78 is 127. The minimum absolute atomic E-state index is 0.817. The number of aliphatic hydroxyl groups excluding tert-OH is 29. The van der Waals surface area contributed by atoms with Gasteiger partial charge in [-0.25, -0.2) is 0 Å². The van der Waals surface area contributed by atoms with Crippen LogP contribution in [0.25, 0.3) is 0 Å². The number of rotatable bonds is 33. The number of hydrogen-bond acceptors (Lipinski definition) is 54. The summed E-state index contributed by atoms with van der Waals surface area (Å²) in [5.74, 6) is -3.88. The molecule has 0 spiro atoms. The minimum Gasteiger partial charge on any atom is -0.394 e. The van der Waals surface area contributed by atoms with Gasteiger partial charge in [0.1, 0.15) is 256 Å². The zero-order valence-corrected chi connectivity index (χ0v) is 71.3. The molecule has 0 aromatic rings. The molecule has 55 atom stereocenters. The van der Waals surface area contributed by atoms with Crippen LogP contribution in [0.5, 0.6) is 0 Å². The lowest BCUT2D eigenvalue weighted by atomic mass is 9.93. The van der Waals surface area contributed by atoms with Crippen molar-refractivity contribution in [2.24, 2.45) is 0 Å². The quantitative estimate of drug-likeness (QED) is 0.0290. The summed E-state index contributed by atoms with van der Waals surface area (Å²) in [5.41, 5.74) is 0. The van der Waals surface area contributed by atoms with Gasteiger partial charge in [-0.1, -0.05) is 0 Å². The first-order valence-corrected chi connectivity index (χ1v) is 42.4. The average molecular weight is 1930 g/mol. The van der Waals surface area contributed by atoms with Crippen LogP contribution in [0.15, 0.2) is 0 Å². The molecule has 55 unspecified atom stereocenters. The molecule has 11 rings (SSSR count). The number of aliphatic hydroxyl groups is 29. The van der Waals surface area contributed by atoms with E-state index in [0.717, 1.165) is 27.7 Å². The Kier molecular flexibility index (Phi) is 38.5. The summed E-state index contributed by atoms with van der Waals surface area (Å²) >= 11 is 0. The Morgan fingerprint density at radius 2 is 0.470 bits per heavy atom. The zero-order valence-electron chi connectivity index (χ0n) is 71.3. The van der Waals surface area contributed by atoms with Crippen LogP contribution in [-0.4, -0.2) is 569 Å². The average Bonchev–Trinajstić information content (AvgIpc) is 0.757. The van der Waals surface area contributed by atoms with Gasteiger partial charge >= 0.3 is 0 Å². The summed E-state index contributed by atoms with van der Waals surface area (Å²) in [7, 11) is 0. The highest BCUT2D eigenvalue weighted by Crippen LogP contribution is 2.43. The van der Waals surface area contributed by atoms with E-state index in [9.17, 15) is 167 Å². The number of nitrogens with one attached hydrogen (secondary N) is 4. The van der Waals surface area contributed by atoms with Crippen molar-refractivity contribution in [3.8, 4) is 0 Å². The Morgan fingerprint density at radius 3 is 0.864 bits per heavy atom. The van der Waals surface area contributed by atoms with Crippen LogP contribution in [0.3, 0.4) is 0 Å². The fourth-order valence-corrected chi connectivity index (χ4v) is 17.3. The number of carbonyl (C=O) groups excluding carboxylic acids is 4. The molecule has 0 aromatic heterocycles. The Bertz CT molecular complexity index is 3610. The molecule has 764 valence electrons. The van der Waals surface area contributed by atoms with E-state index in [1.807, 2.05) is 0 Å². The summed E-state index contributed by atoms with van der Waals surface area (Å²) in [6, 6.07) is -7.84. The molecule has 4 amide bonds. The van der Waals surface area contributed by atoms with Crippen LogP contribution in [0.1, 0.15) is 41.5 Å². The van der Waals surface area contributed by atoms with Gasteiger partial charge in [-0.15, -0.1) is 0 Å². The van der Waals surface area contributed by atoms with Crippen LogP contribution >= 0.6 is 0 Å². The maximum Gasteiger partial charge on any atom is 0.217 e. The second-order valence-corrected chi connectivity index (χ2v) is 33.7. The zero-order chi connectivity index (χ0) is 97.1. The van der Waals surface area contributed by atoms with Gasteiger partial charge in [-0.05, 0) is 13.8 Å². The Balaban J connectivity index is 0.970. The monoisotopic (exact) mass is 1930 g/mol. The van der Waals surface area contributed by atoms with E-state index in [1.165, 1.54) is 13.8 Å². The van der Waals surface area contributed by atoms with Gasteiger partial charge in [0.15, 0.2) is 69.2 Å². The van der Waals surface area contributed by atoms with Crippen LogP contribution in [0.4, 0.5) is 0 Å². The second kappa shape index (κ2) is 47.0. The van der Waals surface area contributed by atoms with E-state index in [-0.39, 0.29) is 0 Å². The Morgan fingerprint density at radius 1 is 0.212 bits per heavy atom. The van der Waals surface area contributed by atoms with Gasteiger partial charge in [0, 0.05) is 27.7 Å². The van der Waals surface area contributed by atoms with Crippen molar-refractivity contribution in [3.63, 3.8) is 0 Å². The first-order valence-electron chi connectivity index (χ1n) is 42.4. The Hall–Kier alpha value is -4.12. The highest BCUT2D eigenvalue weighted by molar-refractivity contribution is 5.74. The molecule has 58 heteroatoms. The summed E-state index contributed by atoms with van der Waals surface area (Å²) in [5, 5.41) is 336. The van der Waals surface area contributed by atoms with Crippen molar-refractivity contribution >= 4 is 23.6 Å². The van der Waals surface area contributed by atoms with Crippen LogP contribution in [0.2, 0.25) is 0 Å². The van der Waals surface area contributed by atoms with Crippen molar-refractivity contribution < 1.29 is 267 Å². The fourth-order valence-electron chi connectivity index (χ4n) is 17.3. The van der Waals surface area contributed by atoms with Crippen LogP contribution < -0.4 is 21.3 Å². The molecule has 11 aliphatic rings. The molecule has 58 nitrogen and oxygen atoms in total. The van der Waals surface area contributed by atoms with E-state index in [1.54, 1.807) is 0 Å². The van der Waals surface area contributed by atoms with Gasteiger partial charge in [-0.3, -0.25) is 19.2 Å². The normalized spacial score (nSPS) is 50.4. The van der Waals surface area contributed by atoms with Crippen LogP contribution in [0, 0.1) is 0 Å². The first-order chi connectivity index (χ1) is 62.4. The Labute approximate surface area is 748 Å². The minimum atomic E-state index is -2.69. The topological polar surface area (TPSA) is 897 Å². The molecule has 11 heterocycles. The van der Waals surface area contributed by atoms with Crippen molar-refractivity contribution in [2.75, 3.05) is 59.5 Å². The lowest BCUT2D eigenvalue weighted by molar-refractivity contribution is -0.404. The number of hydrogen-bond donors (Lipinski definition) is 33. The number of carbonyl (C=O) groups is 4. The molecule has 0 saturated carbocycles. The van der Waals surface area contributed by atoms with Gasteiger partial charge in [-0.2, -0.15) is 0 Å². The van der Waals surface area contributed by atoms with Crippen molar-refractivity contribution in [3.05, 3.63) is 0 Å². The molecular weight excluding hydrogens is 1810 g/mol. The van der Waals surface area contributed by atoms with Crippen molar-refractivity contribution in [1.29, 1.82) is 0 Å². The predicted octanol–water partition coefficient (Wildman–Crippen LogP) is -22.3. The number of ether oxygens (including phenoxy) is 21. The predicted molar refractivity (Wildman–Crippen MR) is 406 cm³/mol. The maximum absolute atomic E-state index is 13.6. The number of amides is 4. The molecule has 11 saturated heterocycles. The third-order valence-corrected chi connectivity index (χ3v) is 24.5. The molecule has 132 heavy (non-hydrogen) atoms. The highest BCUT2D eigenvalue weighted by Gasteiger charge is 2.63. The van der Waals surface area contributed by atoms with E-state index < -0.39 is 421 Å².